The summed E-state index contributed by atoms with van der Waals surface area (Å²) in [6.45, 7) is 3.03. The second-order valence-electron chi connectivity index (χ2n) is 4.57. The van der Waals surface area contributed by atoms with E-state index >= 15 is 0 Å². The zero-order valence-electron chi connectivity index (χ0n) is 10.3. The zero-order valence-corrected chi connectivity index (χ0v) is 11.1. The Morgan fingerprint density at radius 2 is 2.29 bits per heavy atom. The fourth-order valence-electron chi connectivity index (χ4n) is 2.52. The second-order valence-corrected chi connectivity index (χ2v) is 5.01. The molecule has 0 radical (unpaired) electrons. The molecule has 1 aromatic rings. The maximum Gasteiger partial charge on any atom is 0.126 e. The molecule has 1 saturated heterocycles. The Kier molecular flexibility index (Phi) is 3.92. The molecular formula is C13H19ClN2O. The second kappa shape index (κ2) is 5.25. The SMILES string of the molecule is COc1c(C)cc(Cl)cc1C(N)C1CCCN1. The van der Waals surface area contributed by atoms with E-state index < -0.39 is 0 Å². The average molecular weight is 255 g/mol. The Morgan fingerprint density at radius 1 is 1.53 bits per heavy atom. The average Bonchev–Trinajstić information content (AvgIpc) is 2.80. The minimum absolute atomic E-state index is 0.0650. The maximum absolute atomic E-state index is 6.31. The normalized spacial score (nSPS) is 21.5. The van der Waals surface area contributed by atoms with E-state index in [4.69, 9.17) is 22.1 Å². The molecule has 0 aromatic heterocycles. The number of hydrogen-bond donors (Lipinski definition) is 2. The standard InChI is InChI=1S/C13H19ClN2O/c1-8-6-9(14)7-10(13(8)17-2)12(15)11-4-3-5-16-11/h6-7,11-12,16H,3-5,15H2,1-2H3. The van der Waals surface area contributed by atoms with Gasteiger partial charge < -0.3 is 15.8 Å². The van der Waals surface area contributed by atoms with Gasteiger partial charge in [0, 0.05) is 22.7 Å². The summed E-state index contributed by atoms with van der Waals surface area (Å²) >= 11 is 6.10. The van der Waals surface area contributed by atoms with Crippen LogP contribution in [0.15, 0.2) is 12.1 Å². The van der Waals surface area contributed by atoms with E-state index in [1.165, 1.54) is 6.42 Å². The maximum atomic E-state index is 6.31. The molecule has 0 saturated carbocycles. The molecule has 1 aromatic carbocycles. The van der Waals surface area contributed by atoms with Crippen molar-refractivity contribution in [3.05, 3.63) is 28.3 Å². The van der Waals surface area contributed by atoms with Gasteiger partial charge in [0.05, 0.1) is 7.11 Å². The lowest BCUT2D eigenvalue weighted by molar-refractivity contribution is 0.394. The number of rotatable bonds is 3. The highest BCUT2D eigenvalue weighted by molar-refractivity contribution is 6.30. The third-order valence-corrected chi connectivity index (χ3v) is 3.58. The molecule has 2 rings (SSSR count). The van der Waals surface area contributed by atoms with Gasteiger partial charge in [-0.15, -0.1) is 0 Å². The number of nitrogens with two attached hydrogens (primary N) is 1. The van der Waals surface area contributed by atoms with Crippen molar-refractivity contribution in [2.45, 2.75) is 31.8 Å². The van der Waals surface area contributed by atoms with Crippen LogP contribution in [-0.4, -0.2) is 19.7 Å². The minimum atomic E-state index is -0.0650. The minimum Gasteiger partial charge on any atom is -0.496 e. The predicted molar refractivity (Wildman–Crippen MR) is 70.7 cm³/mol. The summed E-state index contributed by atoms with van der Waals surface area (Å²) in [5, 5.41) is 4.14. The third kappa shape index (κ3) is 2.57. The number of nitrogens with one attached hydrogen (secondary N) is 1. The molecule has 1 fully saturated rings. The van der Waals surface area contributed by atoms with Crippen LogP contribution in [0.1, 0.15) is 30.0 Å². The number of benzene rings is 1. The Labute approximate surface area is 107 Å². The van der Waals surface area contributed by atoms with Gasteiger partial charge in [0.2, 0.25) is 0 Å². The van der Waals surface area contributed by atoms with E-state index in [1.54, 1.807) is 7.11 Å². The molecule has 3 nitrogen and oxygen atoms in total. The predicted octanol–water partition coefficient (Wildman–Crippen LogP) is 2.41. The molecule has 4 heteroatoms. The summed E-state index contributed by atoms with van der Waals surface area (Å²) in [5.41, 5.74) is 8.34. The first-order valence-corrected chi connectivity index (χ1v) is 6.34. The molecule has 1 heterocycles. The largest absolute Gasteiger partial charge is 0.496 e. The van der Waals surface area contributed by atoms with Crippen molar-refractivity contribution < 1.29 is 4.74 Å². The number of halogens is 1. The summed E-state index contributed by atoms with van der Waals surface area (Å²) in [6, 6.07) is 4.07. The van der Waals surface area contributed by atoms with E-state index in [2.05, 4.69) is 5.32 Å². The van der Waals surface area contributed by atoms with Gasteiger partial charge in [-0.05, 0) is 44.0 Å². The Balaban J connectivity index is 2.35. The first-order valence-electron chi connectivity index (χ1n) is 5.96. The van der Waals surface area contributed by atoms with Crippen molar-refractivity contribution in [3.8, 4) is 5.75 Å². The third-order valence-electron chi connectivity index (χ3n) is 3.36. The molecule has 0 amide bonds. The topological polar surface area (TPSA) is 47.3 Å². The van der Waals surface area contributed by atoms with E-state index in [0.29, 0.717) is 11.1 Å². The highest BCUT2D eigenvalue weighted by Crippen LogP contribution is 2.33. The van der Waals surface area contributed by atoms with Crippen LogP contribution in [0.25, 0.3) is 0 Å². The molecule has 0 spiro atoms. The molecule has 2 unspecified atom stereocenters. The van der Waals surface area contributed by atoms with Crippen molar-refractivity contribution in [1.82, 2.24) is 5.32 Å². The molecule has 1 aliphatic rings. The van der Waals surface area contributed by atoms with Crippen LogP contribution in [0.5, 0.6) is 5.75 Å². The number of ether oxygens (including phenoxy) is 1. The number of aryl methyl sites for hydroxylation is 1. The lowest BCUT2D eigenvalue weighted by atomic mass is 9.96. The lowest BCUT2D eigenvalue weighted by Crippen LogP contribution is -2.34. The summed E-state index contributed by atoms with van der Waals surface area (Å²) < 4.78 is 5.45. The fourth-order valence-corrected chi connectivity index (χ4v) is 2.80. The molecule has 0 aliphatic carbocycles. The fraction of sp³-hybridized carbons (Fsp3) is 0.538. The van der Waals surface area contributed by atoms with Gasteiger partial charge in [0.25, 0.3) is 0 Å². The van der Waals surface area contributed by atoms with Crippen LogP contribution in [-0.2, 0) is 0 Å². The van der Waals surface area contributed by atoms with Gasteiger partial charge >= 0.3 is 0 Å². The highest BCUT2D eigenvalue weighted by atomic mass is 35.5. The summed E-state index contributed by atoms with van der Waals surface area (Å²) in [6.07, 6.45) is 2.29. The monoisotopic (exact) mass is 254 g/mol. The van der Waals surface area contributed by atoms with Crippen molar-refractivity contribution >= 4 is 11.6 Å². The molecular weight excluding hydrogens is 236 g/mol. The summed E-state index contributed by atoms with van der Waals surface area (Å²) in [4.78, 5) is 0. The summed E-state index contributed by atoms with van der Waals surface area (Å²) in [7, 11) is 1.68. The van der Waals surface area contributed by atoms with Crippen molar-refractivity contribution in [3.63, 3.8) is 0 Å². The van der Waals surface area contributed by atoms with Gasteiger partial charge in [-0.3, -0.25) is 0 Å². The van der Waals surface area contributed by atoms with Crippen LogP contribution >= 0.6 is 11.6 Å². The van der Waals surface area contributed by atoms with Gasteiger partial charge in [0.1, 0.15) is 5.75 Å². The smallest absolute Gasteiger partial charge is 0.126 e. The number of hydrogen-bond acceptors (Lipinski definition) is 3. The molecule has 1 aliphatic heterocycles. The van der Waals surface area contributed by atoms with Gasteiger partial charge in [0.15, 0.2) is 0 Å². The van der Waals surface area contributed by atoms with Crippen molar-refractivity contribution in [2.75, 3.05) is 13.7 Å². The summed E-state index contributed by atoms with van der Waals surface area (Å²) in [5.74, 6) is 0.857. The van der Waals surface area contributed by atoms with E-state index in [-0.39, 0.29) is 6.04 Å². The highest BCUT2D eigenvalue weighted by Gasteiger charge is 2.25. The molecule has 17 heavy (non-hydrogen) atoms. The van der Waals surface area contributed by atoms with Gasteiger partial charge in [-0.2, -0.15) is 0 Å². The van der Waals surface area contributed by atoms with Crippen LogP contribution in [0.4, 0.5) is 0 Å². The van der Waals surface area contributed by atoms with Crippen molar-refractivity contribution in [2.24, 2.45) is 5.73 Å². The van der Waals surface area contributed by atoms with E-state index in [9.17, 15) is 0 Å². The van der Waals surface area contributed by atoms with Crippen LogP contribution < -0.4 is 15.8 Å². The van der Waals surface area contributed by atoms with E-state index in [1.807, 2.05) is 19.1 Å². The Hall–Kier alpha value is -0.770. The molecule has 94 valence electrons. The van der Waals surface area contributed by atoms with Crippen LogP contribution in [0.2, 0.25) is 5.02 Å². The molecule has 3 N–H and O–H groups in total. The Bertz CT molecular complexity index is 403. The molecule has 2 atom stereocenters. The van der Waals surface area contributed by atoms with Gasteiger partial charge in [-0.25, -0.2) is 0 Å². The molecule has 0 bridgehead atoms. The van der Waals surface area contributed by atoms with Crippen LogP contribution in [0.3, 0.4) is 0 Å². The van der Waals surface area contributed by atoms with Crippen molar-refractivity contribution in [1.29, 1.82) is 0 Å². The first kappa shape index (κ1) is 12.7. The lowest BCUT2D eigenvalue weighted by Gasteiger charge is -2.23. The number of methoxy groups -OCH3 is 1. The quantitative estimate of drug-likeness (QED) is 0.871. The zero-order chi connectivity index (χ0) is 12.4. The van der Waals surface area contributed by atoms with E-state index in [0.717, 1.165) is 29.8 Å². The first-order chi connectivity index (χ1) is 8.13. The van der Waals surface area contributed by atoms with Gasteiger partial charge in [-0.1, -0.05) is 11.6 Å². The van der Waals surface area contributed by atoms with Crippen LogP contribution in [0, 0.1) is 6.92 Å². The Morgan fingerprint density at radius 3 is 2.88 bits per heavy atom.